The van der Waals surface area contributed by atoms with Crippen LogP contribution in [0.2, 0.25) is 0 Å². The van der Waals surface area contributed by atoms with Gasteiger partial charge in [-0.3, -0.25) is 14.4 Å². The molecule has 198 valence electrons. The Kier molecular flexibility index (Phi) is 8.90. The lowest BCUT2D eigenvalue weighted by Gasteiger charge is -2.20. The number of methoxy groups -OCH3 is 1. The number of allylic oxidation sites excluding steroid dienone is 1. The molecule has 0 aliphatic rings. The van der Waals surface area contributed by atoms with Crippen LogP contribution in [0.1, 0.15) is 37.0 Å². The summed E-state index contributed by atoms with van der Waals surface area (Å²) in [5.41, 5.74) is -2.39. The molecule has 1 amide bonds. The highest BCUT2D eigenvalue weighted by atomic mass is 19.4. The van der Waals surface area contributed by atoms with Crippen molar-refractivity contribution in [1.82, 2.24) is 24.6 Å². The molecular formula is C20H23F5N6O5. The number of nitrogens with one attached hydrogen (secondary N) is 1. The summed E-state index contributed by atoms with van der Waals surface area (Å²) in [4.78, 5) is 32.7. The van der Waals surface area contributed by atoms with E-state index in [4.69, 9.17) is 9.47 Å². The van der Waals surface area contributed by atoms with Crippen LogP contribution in [-0.2, 0) is 17.9 Å². The van der Waals surface area contributed by atoms with Crippen molar-refractivity contribution in [3.8, 4) is 11.7 Å². The maximum Gasteiger partial charge on any atom is 0.425 e. The number of aliphatic imine (C=N–C) groups is 1. The van der Waals surface area contributed by atoms with Gasteiger partial charge in [-0.2, -0.15) is 22.8 Å². The highest BCUT2D eigenvalue weighted by Crippen LogP contribution is 2.28. The van der Waals surface area contributed by atoms with Crippen molar-refractivity contribution >= 4 is 11.8 Å². The third-order valence-electron chi connectivity index (χ3n) is 4.71. The Bertz CT molecular complexity index is 1250. The van der Waals surface area contributed by atoms with E-state index in [0.29, 0.717) is 17.7 Å². The molecule has 1 atom stereocenters. The molecule has 11 nitrogen and oxygen atoms in total. The molecule has 0 radical (unpaired) electrons. The third-order valence-corrected chi connectivity index (χ3v) is 4.71. The summed E-state index contributed by atoms with van der Waals surface area (Å²) in [6, 6.07) is 0.451. The van der Waals surface area contributed by atoms with Crippen molar-refractivity contribution in [2.24, 2.45) is 4.99 Å². The van der Waals surface area contributed by atoms with Gasteiger partial charge < -0.3 is 19.9 Å². The predicted molar refractivity (Wildman–Crippen MR) is 115 cm³/mol. The molecule has 0 aliphatic heterocycles. The highest BCUT2D eigenvalue weighted by molar-refractivity contribution is 6.04. The monoisotopic (exact) mass is 522 g/mol. The number of amides is 1. The van der Waals surface area contributed by atoms with E-state index < -0.39 is 65.1 Å². The fourth-order valence-corrected chi connectivity index (χ4v) is 2.88. The van der Waals surface area contributed by atoms with Gasteiger partial charge in [0.15, 0.2) is 23.6 Å². The molecule has 36 heavy (non-hydrogen) atoms. The Hall–Kier alpha value is -3.82. The molecule has 0 fully saturated rings. The number of hydrogen-bond acceptors (Lipinski definition) is 8. The van der Waals surface area contributed by atoms with Gasteiger partial charge in [0.05, 0.1) is 7.11 Å². The van der Waals surface area contributed by atoms with E-state index in [0.717, 1.165) is 18.6 Å². The standard InChI is InChI=1S/C20H23F5N6O5/c1-6-30-13(8-32)29-31(19(30)34)15-12(22)7-11(17(28-15)36-10(3)20(23,24)25)16(33)27-14(9(2)21)18(26-4)35-5/h7,10,32H,6,8H2,1-5H3,(H,27,33)/b14-9-,26-18?/t10-/m0/s1. The van der Waals surface area contributed by atoms with Crippen molar-refractivity contribution in [3.63, 3.8) is 0 Å². The predicted octanol–water partition coefficient (Wildman–Crippen LogP) is 2.02. The third kappa shape index (κ3) is 5.87. The van der Waals surface area contributed by atoms with Crippen LogP contribution >= 0.6 is 0 Å². The summed E-state index contributed by atoms with van der Waals surface area (Å²) in [6.45, 7) is 2.42. The van der Waals surface area contributed by atoms with E-state index >= 15 is 4.39 Å². The van der Waals surface area contributed by atoms with E-state index in [-0.39, 0.29) is 18.3 Å². The summed E-state index contributed by atoms with van der Waals surface area (Å²) in [5, 5.41) is 15.2. The molecule has 2 heterocycles. The number of alkyl halides is 3. The van der Waals surface area contributed by atoms with Gasteiger partial charge in [-0.15, -0.1) is 5.10 Å². The number of halogens is 5. The molecule has 0 saturated carbocycles. The van der Waals surface area contributed by atoms with Gasteiger partial charge in [0.1, 0.15) is 23.7 Å². The number of carbonyl (C=O) groups excluding carboxylic acids is 1. The Morgan fingerprint density at radius 3 is 2.44 bits per heavy atom. The fraction of sp³-hybridized carbons (Fsp3) is 0.450. The van der Waals surface area contributed by atoms with Crippen molar-refractivity contribution in [3.05, 3.63) is 45.3 Å². The van der Waals surface area contributed by atoms with Crippen LogP contribution in [-0.4, -0.2) is 62.7 Å². The van der Waals surface area contributed by atoms with Gasteiger partial charge in [0.2, 0.25) is 11.8 Å². The fourth-order valence-electron chi connectivity index (χ4n) is 2.88. The number of rotatable bonds is 8. The molecule has 16 heteroatoms. The zero-order valence-electron chi connectivity index (χ0n) is 19.8. The Morgan fingerprint density at radius 2 is 2.00 bits per heavy atom. The SMILES string of the molecule is CCn1c(CO)nn(-c2nc(O[C@@H](C)C(F)(F)F)c(C(=O)N/C(C(=NC)OC)=C(/C)F)cc2F)c1=O. The second-order valence-electron chi connectivity index (χ2n) is 7.06. The minimum absolute atomic E-state index is 0.0316. The summed E-state index contributed by atoms with van der Waals surface area (Å²) >= 11 is 0. The van der Waals surface area contributed by atoms with Crippen molar-refractivity contribution in [1.29, 1.82) is 0 Å². The number of ether oxygens (including phenoxy) is 2. The number of aliphatic hydroxyl groups excluding tert-OH is 1. The number of nitrogens with zero attached hydrogens (tertiary/aromatic N) is 5. The zero-order valence-corrected chi connectivity index (χ0v) is 19.8. The normalized spacial score (nSPS) is 13.8. The number of aromatic nitrogens is 4. The molecule has 0 aliphatic carbocycles. The largest absolute Gasteiger partial charge is 0.480 e. The van der Waals surface area contributed by atoms with Crippen molar-refractivity contribution in [2.75, 3.05) is 14.2 Å². The number of pyridine rings is 1. The van der Waals surface area contributed by atoms with Gasteiger partial charge in [-0.05, 0) is 26.8 Å². The molecule has 2 N–H and O–H groups in total. The average Bonchev–Trinajstić information content (AvgIpc) is 3.14. The van der Waals surface area contributed by atoms with Crippen LogP contribution in [0.15, 0.2) is 27.4 Å². The molecule has 0 saturated heterocycles. The van der Waals surface area contributed by atoms with Gasteiger partial charge >= 0.3 is 11.9 Å². The van der Waals surface area contributed by atoms with Crippen LogP contribution in [0, 0.1) is 5.82 Å². The smallest absolute Gasteiger partial charge is 0.425 e. The molecule has 0 bridgehead atoms. The number of aliphatic hydroxyl groups is 1. The summed E-state index contributed by atoms with van der Waals surface area (Å²) in [6.07, 6.45) is -7.43. The highest BCUT2D eigenvalue weighted by Gasteiger charge is 2.39. The second-order valence-corrected chi connectivity index (χ2v) is 7.06. The topological polar surface area (TPSA) is 133 Å². The lowest BCUT2D eigenvalue weighted by molar-refractivity contribution is -0.190. The summed E-state index contributed by atoms with van der Waals surface area (Å²) in [5.74, 6) is -6.10. The van der Waals surface area contributed by atoms with E-state index in [1.54, 1.807) is 0 Å². The summed E-state index contributed by atoms with van der Waals surface area (Å²) < 4.78 is 79.6. The van der Waals surface area contributed by atoms with Gasteiger partial charge in [-0.1, -0.05) is 0 Å². The minimum atomic E-state index is -4.91. The Balaban J connectivity index is 2.71. The van der Waals surface area contributed by atoms with E-state index in [9.17, 15) is 32.3 Å². The molecule has 2 rings (SSSR count). The lowest BCUT2D eigenvalue weighted by atomic mass is 10.2. The molecule has 0 aromatic carbocycles. The first kappa shape index (κ1) is 28.4. The van der Waals surface area contributed by atoms with Crippen molar-refractivity contribution < 1.29 is 41.3 Å². The molecule has 2 aromatic rings. The van der Waals surface area contributed by atoms with Gasteiger partial charge in [-0.25, -0.2) is 13.6 Å². The number of hydrogen-bond donors (Lipinski definition) is 2. The lowest BCUT2D eigenvalue weighted by Crippen LogP contribution is -2.34. The molecular weight excluding hydrogens is 499 g/mol. The average molecular weight is 522 g/mol. The Labute approximate surface area is 200 Å². The first-order valence-corrected chi connectivity index (χ1v) is 10.2. The molecule has 0 spiro atoms. The maximum absolute atomic E-state index is 15.0. The maximum atomic E-state index is 15.0. The first-order valence-electron chi connectivity index (χ1n) is 10.2. The first-order chi connectivity index (χ1) is 16.8. The van der Waals surface area contributed by atoms with Gasteiger partial charge in [0, 0.05) is 13.6 Å². The van der Waals surface area contributed by atoms with Crippen LogP contribution in [0.4, 0.5) is 22.0 Å². The molecule has 2 aromatic heterocycles. The van der Waals surface area contributed by atoms with Crippen LogP contribution in [0.25, 0.3) is 5.82 Å². The van der Waals surface area contributed by atoms with E-state index in [1.807, 2.05) is 5.32 Å². The zero-order chi connectivity index (χ0) is 27.4. The Morgan fingerprint density at radius 1 is 1.36 bits per heavy atom. The summed E-state index contributed by atoms with van der Waals surface area (Å²) in [7, 11) is 2.35. The minimum Gasteiger partial charge on any atom is -0.480 e. The quantitative estimate of drug-likeness (QED) is 0.308. The second kappa shape index (κ2) is 11.3. The van der Waals surface area contributed by atoms with E-state index in [1.165, 1.54) is 14.0 Å². The van der Waals surface area contributed by atoms with E-state index in [2.05, 4.69) is 15.1 Å². The number of carbonyl (C=O) groups is 1. The molecule has 0 unspecified atom stereocenters. The van der Waals surface area contributed by atoms with Crippen molar-refractivity contribution in [2.45, 2.75) is 46.2 Å². The van der Waals surface area contributed by atoms with Crippen LogP contribution in [0.5, 0.6) is 5.88 Å². The van der Waals surface area contributed by atoms with Crippen LogP contribution in [0.3, 0.4) is 0 Å². The van der Waals surface area contributed by atoms with Gasteiger partial charge in [0.25, 0.3) is 5.91 Å². The van der Waals surface area contributed by atoms with Crippen LogP contribution < -0.4 is 15.7 Å².